The molecule has 2 heterocycles. The number of likely N-dealkylation sites (tertiary alicyclic amines) is 1. The second-order valence-corrected chi connectivity index (χ2v) is 7.06. The van der Waals surface area contributed by atoms with Crippen molar-refractivity contribution in [3.8, 4) is 0 Å². The van der Waals surface area contributed by atoms with Crippen LogP contribution in [0.15, 0.2) is 0 Å². The van der Waals surface area contributed by atoms with Crippen molar-refractivity contribution in [2.75, 3.05) is 18.8 Å². The summed E-state index contributed by atoms with van der Waals surface area (Å²) >= 11 is 2.02. The van der Waals surface area contributed by atoms with Gasteiger partial charge in [0.1, 0.15) is 0 Å². The molecule has 4 heteroatoms. The molecular weight excluding hydrogens is 234 g/mol. The minimum atomic E-state index is -0.583. The van der Waals surface area contributed by atoms with Crippen LogP contribution in [0, 0.1) is 5.41 Å². The normalized spacial score (nSPS) is 38.7. The number of hydrogen-bond donors (Lipinski definition) is 1. The summed E-state index contributed by atoms with van der Waals surface area (Å²) in [6.07, 6.45) is 3.86. The van der Waals surface area contributed by atoms with E-state index in [0.29, 0.717) is 6.04 Å². The molecule has 0 aromatic carbocycles. The number of rotatable bonds is 4. The van der Waals surface area contributed by atoms with E-state index in [9.17, 15) is 9.90 Å². The highest BCUT2D eigenvalue weighted by Gasteiger charge is 2.46. The van der Waals surface area contributed by atoms with Crippen LogP contribution in [0.1, 0.15) is 39.5 Å². The largest absolute Gasteiger partial charge is 0.481 e. The number of carbonyl (C=O) groups is 1. The molecule has 0 saturated carbocycles. The number of thioether (sulfide) groups is 1. The first-order valence-corrected chi connectivity index (χ1v) is 7.71. The quantitative estimate of drug-likeness (QED) is 0.840. The molecule has 0 radical (unpaired) electrons. The van der Waals surface area contributed by atoms with Gasteiger partial charge in [0, 0.05) is 23.6 Å². The lowest BCUT2D eigenvalue weighted by Gasteiger charge is -2.27. The van der Waals surface area contributed by atoms with Gasteiger partial charge in [-0.3, -0.25) is 9.69 Å². The third kappa shape index (κ3) is 2.63. The van der Waals surface area contributed by atoms with Crippen LogP contribution in [0.3, 0.4) is 0 Å². The van der Waals surface area contributed by atoms with Crippen molar-refractivity contribution in [2.45, 2.75) is 50.8 Å². The smallest absolute Gasteiger partial charge is 0.310 e. The summed E-state index contributed by atoms with van der Waals surface area (Å²) in [4.78, 5) is 13.9. The number of hydrogen-bond acceptors (Lipinski definition) is 3. The first-order valence-electron chi connectivity index (χ1n) is 6.66. The van der Waals surface area contributed by atoms with E-state index in [1.165, 1.54) is 12.2 Å². The molecule has 3 atom stereocenters. The second kappa shape index (κ2) is 5.19. The van der Waals surface area contributed by atoms with Crippen LogP contribution in [0.5, 0.6) is 0 Å². The molecular formula is C13H23NO2S. The Morgan fingerprint density at radius 1 is 1.59 bits per heavy atom. The molecule has 2 saturated heterocycles. The zero-order valence-electron chi connectivity index (χ0n) is 10.8. The molecule has 2 aliphatic rings. The van der Waals surface area contributed by atoms with Gasteiger partial charge in [0.25, 0.3) is 0 Å². The van der Waals surface area contributed by atoms with E-state index >= 15 is 0 Å². The maximum atomic E-state index is 11.5. The predicted octanol–water partition coefficient (Wildman–Crippen LogP) is 2.46. The Morgan fingerprint density at radius 3 is 2.88 bits per heavy atom. The third-order valence-corrected chi connectivity index (χ3v) is 5.60. The number of carboxylic acid groups (broad SMARTS) is 1. The maximum Gasteiger partial charge on any atom is 0.310 e. The van der Waals surface area contributed by atoms with Crippen LogP contribution in [0.2, 0.25) is 0 Å². The van der Waals surface area contributed by atoms with Crippen molar-refractivity contribution in [1.29, 1.82) is 0 Å². The number of carboxylic acids is 1. The zero-order chi connectivity index (χ0) is 12.5. The minimum Gasteiger partial charge on any atom is -0.481 e. The Labute approximate surface area is 108 Å². The summed E-state index contributed by atoms with van der Waals surface area (Å²) in [6, 6.07) is 0.619. The summed E-state index contributed by atoms with van der Waals surface area (Å²) in [5.74, 6) is 0.601. The molecule has 1 N–H and O–H groups in total. The third-order valence-electron chi connectivity index (χ3n) is 4.26. The molecule has 0 amide bonds. The van der Waals surface area contributed by atoms with Crippen molar-refractivity contribution in [3.05, 3.63) is 0 Å². The molecule has 0 bridgehead atoms. The van der Waals surface area contributed by atoms with Gasteiger partial charge in [-0.2, -0.15) is 11.8 Å². The topological polar surface area (TPSA) is 40.5 Å². The van der Waals surface area contributed by atoms with Crippen LogP contribution in [0.4, 0.5) is 0 Å². The predicted molar refractivity (Wildman–Crippen MR) is 71.5 cm³/mol. The van der Waals surface area contributed by atoms with E-state index in [1.807, 2.05) is 11.8 Å². The van der Waals surface area contributed by atoms with Gasteiger partial charge in [0.05, 0.1) is 5.41 Å². The van der Waals surface area contributed by atoms with E-state index < -0.39 is 11.4 Å². The van der Waals surface area contributed by atoms with Crippen molar-refractivity contribution in [1.82, 2.24) is 4.90 Å². The maximum absolute atomic E-state index is 11.5. The van der Waals surface area contributed by atoms with Gasteiger partial charge in [0.15, 0.2) is 0 Å². The SMILES string of the molecule is CCCC1(C(=O)O)CCN(C2CSC(C)C2)C1. The Kier molecular flexibility index (Phi) is 4.03. The second-order valence-electron chi connectivity index (χ2n) is 5.59. The lowest BCUT2D eigenvalue weighted by molar-refractivity contribution is -0.148. The Morgan fingerprint density at radius 2 is 2.35 bits per heavy atom. The summed E-state index contributed by atoms with van der Waals surface area (Å²) in [5.41, 5.74) is -0.453. The van der Waals surface area contributed by atoms with E-state index in [1.54, 1.807) is 0 Å². The lowest BCUT2D eigenvalue weighted by Crippen LogP contribution is -2.39. The summed E-state index contributed by atoms with van der Waals surface area (Å²) < 4.78 is 0. The molecule has 0 aromatic heterocycles. The molecule has 2 aliphatic heterocycles. The summed E-state index contributed by atoms with van der Waals surface area (Å²) in [5, 5.41) is 10.2. The summed E-state index contributed by atoms with van der Waals surface area (Å²) in [7, 11) is 0. The summed E-state index contributed by atoms with van der Waals surface area (Å²) in [6.45, 7) is 6.11. The fourth-order valence-electron chi connectivity index (χ4n) is 3.23. The highest BCUT2D eigenvalue weighted by atomic mass is 32.2. The fourth-order valence-corrected chi connectivity index (χ4v) is 4.49. The van der Waals surface area contributed by atoms with E-state index in [4.69, 9.17) is 0 Å². The van der Waals surface area contributed by atoms with Crippen LogP contribution in [-0.2, 0) is 4.79 Å². The van der Waals surface area contributed by atoms with Crippen LogP contribution in [-0.4, -0.2) is 46.1 Å². The Balaban J connectivity index is 1.99. The molecule has 0 aliphatic carbocycles. The van der Waals surface area contributed by atoms with E-state index in [-0.39, 0.29) is 0 Å². The zero-order valence-corrected chi connectivity index (χ0v) is 11.6. The average molecular weight is 257 g/mol. The van der Waals surface area contributed by atoms with Crippen molar-refractivity contribution in [2.24, 2.45) is 5.41 Å². The highest BCUT2D eigenvalue weighted by molar-refractivity contribution is 8.00. The average Bonchev–Trinajstić information content (AvgIpc) is 2.86. The fraction of sp³-hybridized carbons (Fsp3) is 0.923. The van der Waals surface area contributed by atoms with Crippen LogP contribution in [0.25, 0.3) is 0 Å². The Hall–Kier alpha value is -0.220. The first kappa shape index (κ1) is 13.2. The van der Waals surface area contributed by atoms with E-state index in [2.05, 4.69) is 18.7 Å². The van der Waals surface area contributed by atoms with Crippen molar-refractivity contribution >= 4 is 17.7 Å². The number of aliphatic carboxylic acids is 1. The van der Waals surface area contributed by atoms with Gasteiger partial charge >= 0.3 is 5.97 Å². The minimum absolute atomic E-state index is 0.453. The molecule has 0 aromatic rings. The van der Waals surface area contributed by atoms with Gasteiger partial charge in [-0.1, -0.05) is 20.3 Å². The molecule has 3 nitrogen and oxygen atoms in total. The van der Waals surface area contributed by atoms with Gasteiger partial charge in [0.2, 0.25) is 0 Å². The Bertz CT molecular complexity index is 297. The molecule has 98 valence electrons. The van der Waals surface area contributed by atoms with Gasteiger partial charge < -0.3 is 5.11 Å². The van der Waals surface area contributed by atoms with Crippen LogP contribution < -0.4 is 0 Å². The van der Waals surface area contributed by atoms with Crippen LogP contribution >= 0.6 is 11.8 Å². The molecule has 0 spiro atoms. The van der Waals surface area contributed by atoms with Crippen molar-refractivity contribution < 1.29 is 9.90 Å². The van der Waals surface area contributed by atoms with Crippen molar-refractivity contribution in [3.63, 3.8) is 0 Å². The van der Waals surface area contributed by atoms with Gasteiger partial charge in [-0.05, 0) is 25.8 Å². The van der Waals surface area contributed by atoms with Gasteiger partial charge in [-0.25, -0.2) is 0 Å². The van der Waals surface area contributed by atoms with Gasteiger partial charge in [-0.15, -0.1) is 0 Å². The molecule has 3 unspecified atom stereocenters. The lowest BCUT2D eigenvalue weighted by atomic mass is 9.82. The molecule has 2 rings (SSSR count). The number of nitrogens with zero attached hydrogens (tertiary/aromatic N) is 1. The monoisotopic (exact) mass is 257 g/mol. The molecule has 17 heavy (non-hydrogen) atoms. The first-order chi connectivity index (χ1) is 8.07. The highest BCUT2D eigenvalue weighted by Crippen LogP contribution is 2.39. The molecule has 2 fully saturated rings. The van der Waals surface area contributed by atoms with E-state index in [0.717, 1.165) is 37.6 Å². The standard InChI is InChI=1S/C13H23NO2S/c1-3-4-13(12(15)16)5-6-14(9-13)11-7-10(2)17-8-11/h10-11H,3-9H2,1-2H3,(H,15,16).